The number of carbonyl (C=O) groups is 1. The maximum Gasteiger partial charge on any atom is 0.354 e. The van der Waals surface area contributed by atoms with Crippen molar-refractivity contribution in [3.8, 4) is 0 Å². The molecule has 0 unspecified atom stereocenters. The van der Waals surface area contributed by atoms with Gasteiger partial charge in [0.15, 0.2) is 0 Å². The van der Waals surface area contributed by atoms with Crippen LogP contribution in [0.1, 0.15) is 34.0 Å². The lowest BCUT2D eigenvalue weighted by atomic mass is 9.86. The Labute approximate surface area is 151 Å². The first-order chi connectivity index (χ1) is 12.6. The highest BCUT2D eigenvalue weighted by molar-refractivity contribution is 5.86. The lowest BCUT2D eigenvalue weighted by molar-refractivity contribution is 0.0473. The van der Waals surface area contributed by atoms with Crippen molar-refractivity contribution >= 4 is 16.7 Å². The Morgan fingerprint density at radius 1 is 1.23 bits per heavy atom. The number of piperidine rings is 1. The van der Waals surface area contributed by atoms with E-state index in [1.807, 2.05) is 12.1 Å². The highest BCUT2D eigenvalue weighted by Crippen LogP contribution is 2.31. The molecule has 1 saturated heterocycles. The molecule has 0 saturated carbocycles. The molecule has 1 aliphatic heterocycles. The number of hydrogen-bond acceptors (Lipinski definition) is 4. The molecule has 1 fully saturated rings. The van der Waals surface area contributed by atoms with Crippen LogP contribution in [0.3, 0.4) is 0 Å². The molecule has 2 atom stereocenters. The van der Waals surface area contributed by atoms with Gasteiger partial charge in [-0.2, -0.15) is 5.10 Å². The van der Waals surface area contributed by atoms with Gasteiger partial charge in [-0.3, -0.25) is 10.00 Å². The monoisotopic (exact) mass is 351 g/mol. The van der Waals surface area contributed by atoms with E-state index in [9.17, 15) is 15.0 Å². The number of aromatic nitrogens is 2. The first-order valence-corrected chi connectivity index (χ1v) is 8.76. The summed E-state index contributed by atoms with van der Waals surface area (Å²) in [5.41, 5.74) is 1.93. The summed E-state index contributed by atoms with van der Waals surface area (Å²) in [7, 11) is 0. The second-order valence-electron chi connectivity index (χ2n) is 6.88. The predicted molar refractivity (Wildman–Crippen MR) is 98.1 cm³/mol. The molecule has 26 heavy (non-hydrogen) atoms. The van der Waals surface area contributed by atoms with Crippen LogP contribution in [0.25, 0.3) is 10.8 Å². The van der Waals surface area contributed by atoms with Crippen molar-refractivity contribution in [1.29, 1.82) is 0 Å². The van der Waals surface area contributed by atoms with E-state index in [1.165, 1.54) is 10.8 Å². The molecule has 0 spiro atoms. The first-order valence-electron chi connectivity index (χ1n) is 8.76. The van der Waals surface area contributed by atoms with E-state index in [1.54, 1.807) is 6.20 Å². The van der Waals surface area contributed by atoms with Crippen molar-refractivity contribution in [2.24, 2.45) is 0 Å². The number of carboxylic acids is 1. The van der Waals surface area contributed by atoms with Crippen LogP contribution in [0, 0.1) is 0 Å². The Hall–Kier alpha value is -2.70. The molecular weight excluding hydrogens is 330 g/mol. The molecule has 0 radical (unpaired) electrons. The maximum atomic E-state index is 11.2. The third-order valence-electron chi connectivity index (χ3n) is 5.19. The van der Waals surface area contributed by atoms with Gasteiger partial charge in [-0.1, -0.05) is 42.5 Å². The van der Waals surface area contributed by atoms with Gasteiger partial charge in [0.05, 0.1) is 12.3 Å². The van der Waals surface area contributed by atoms with Gasteiger partial charge in [-0.25, -0.2) is 4.79 Å². The molecule has 134 valence electrons. The molecule has 3 aromatic rings. The summed E-state index contributed by atoms with van der Waals surface area (Å²) in [4.78, 5) is 13.3. The fraction of sp³-hybridized carbons (Fsp3) is 0.300. The number of hydrogen-bond donors (Lipinski definition) is 3. The Bertz CT molecular complexity index is 937. The zero-order chi connectivity index (χ0) is 18.1. The number of H-pyrrole nitrogens is 1. The summed E-state index contributed by atoms with van der Waals surface area (Å²) in [6.07, 6.45) is 1.90. The fourth-order valence-electron chi connectivity index (χ4n) is 3.83. The standard InChI is InChI=1S/C20H21N3O3/c24-18-12-23(11-16-10-21-22-19(16)20(25)26)8-7-17(18)15-6-5-13-3-1-2-4-14(13)9-15/h1-6,9-10,17-18,24H,7-8,11-12H2,(H,21,22)(H,25,26)/t17-,18+/m0/s1. The van der Waals surface area contributed by atoms with Crippen molar-refractivity contribution < 1.29 is 15.0 Å². The van der Waals surface area contributed by atoms with Gasteiger partial charge in [0.25, 0.3) is 0 Å². The number of aromatic carboxylic acids is 1. The molecule has 0 amide bonds. The number of likely N-dealkylation sites (tertiary alicyclic amines) is 1. The average molecular weight is 351 g/mol. The smallest absolute Gasteiger partial charge is 0.354 e. The van der Waals surface area contributed by atoms with Crippen molar-refractivity contribution in [2.45, 2.75) is 25.0 Å². The zero-order valence-electron chi connectivity index (χ0n) is 14.3. The van der Waals surface area contributed by atoms with Crippen LogP contribution in [0.4, 0.5) is 0 Å². The molecule has 0 aliphatic carbocycles. The first kappa shape index (κ1) is 16.8. The van der Waals surface area contributed by atoms with Crippen LogP contribution in [-0.4, -0.2) is 50.5 Å². The van der Waals surface area contributed by atoms with E-state index in [-0.39, 0.29) is 11.6 Å². The van der Waals surface area contributed by atoms with E-state index >= 15 is 0 Å². The molecular formula is C20H21N3O3. The Morgan fingerprint density at radius 2 is 2.04 bits per heavy atom. The highest BCUT2D eigenvalue weighted by Gasteiger charge is 2.29. The van der Waals surface area contributed by atoms with E-state index in [0.717, 1.165) is 18.5 Å². The minimum absolute atomic E-state index is 0.0964. The van der Waals surface area contributed by atoms with Gasteiger partial charge in [0, 0.05) is 24.6 Å². The minimum atomic E-state index is -1.01. The SMILES string of the molecule is O=C(O)c1[nH]ncc1CN1CC[C@@H](c2ccc3ccccc3c2)[C@H](O)C1. The number of fused-ring (bicyclic) bond motifs is 1. The topological polar surface area (TPSA) is 89.4 Å². The lowest BCUT2D eigenvalue weighted by Gasteiger charge is -2.36. The van der Waals surface area contributed by atoms with Crippen LogP contribution in [-0.2, 0) is 6.54 Å². The number of rotatable bonds is 4. The fourth-order valence-corrected chi connectivity index (χ4v) is 3.83. The van der Waals surface area contributed by atoms with Crippen LogP contribution in [0.2, 0.25) is 0 Å². The number of carboxylic acid groups (broad SMARTS) is 1. The van der Waals surface area contributed by atoms with Crippen LogP contribution in [0.5, 0.6) is 0 Å². The number of aromatic amines is 1. The van der Waals surface area contributed by atoms with Crippen molar-refractivity contribution in [3.63, 3.8) is 0 Å². The second kappa shape index (κ2) is 6.90. The average Bonchev–Trinajstić information content (AvgIpc) is 3.10. The molecule has 4 rings (SSSR count). The second-order valence-corrected chi connectivity index (χ2v) is 6.88. The number of nitrogens with one attached hydrogen (secondary N) is 1. The zero-order valence-corrected chi connectivity index (χ0v) is 14.3. The molecule has 6 nitrogen and oxygen atoms in total. The lowest BCUT2D eigenvalue weighted by Crippen LogP contribution is -2.42. The van der Waals surface area contributed by atoms with Gasteiger partial charge in [-0.05, 0) is 29.3 Å². The van der Waals surface area contributed by atoms with Gasteiger partial charge in [0.1, 0.15) is 5.69 Å². The molecule has 3 N–H and O–H groups in total. The van der Waals surface area contributed by atoms with Crippen LogP contribution >= 0.6 is 0 Å². The number of nitrogens with zero attached hydrogens (tertiary/aromatic N) is 2. The third-order valence-corrected chi connectivity index (χ3v) is 5.19. The molecule has 2 heterocycles. The Balaban J connectivity index is 1.47. The van der Waals surface area contributed by atoms with E-state index in [2.05, 4.69) is 45.4 Å². The van der Waals surface area contributed by atoms with Crippen LogP contribution < -0.4 is 0 Å². The van der Waals surface area contributed by atoms with Crippen molar-refractivity contribution in [1.82, 2.24) is 15.1 Å². The highest BCUT2D eigenvalue weighted by atomic mass is 16.4. The molecule has 1 aliphatic rings. The molecule has 6 heteroatoms. The minimum Gasteiger partial charge on any atom is -0.477 e. The summed E-state index contributed by atoms with van der Waals surface area (Å²) in [5.74, 6) is -0.914. The normalized spacial score (nSPS) is 21.1. The van der Waals surface area contributed by atoms with E-state index in [4.69, 9.17) is 0 Å². The maximum absolute atomic E-state index is 11.2. The summed E-state index contributed by atoms with van der Waals surface area (Å²) in [6.45, 7) is 1.79. The van der Waals surface area contributed by atoms with Gasteiger partial charge < -0.3 is 10.2 Å². The van der Waals surface area contributed by atoms with Gasteiger partial charge in [0.2, 0.25) is 0 Å². The largest absolute Gasteiger partial charge is 0.477 e. The summed E-state index contributed by atoms with van der Waals surface area (Å²) in [6, 6.07) is 14.6. The quantitative estimate of drug-likeness (QED) is 0.672. The Kier molecular flexibility index (Phi) is 4.44. The third kappa shape index (κ3) is 3.21. The molecule has 0 bridgehead atoms. The molecule has 1 aromatic heterocycles. The number of aliphatic hydroxyl groups excluding tert-OH is 1. The Morgan fingerprint density at radius 3 is 2.81 bits per heavy atom. The van der Waals surface area contributed by atoms with E-state index in [0.29, 0.717) is 18.7 Å². The number of aliphatic hydroxyl groups is 1. The number of β-amino-alcohol motifs (C(OH)–C–C–N with tert-alkyl or cyclic N) is 1. The van der Waals surface area contributed by atoms with Crippen molar-refractivity contribution in [2.75, 3.05) is 13.1 Å². The predicted octanol–water partition coefficient (Wildman–Crippen LogP) is 2.61. The van der Waals surface area contributed by atoms with Crippen LogP contribution in [0.15, 0.2) is 48.7 Å². The van der Waals surface area contributed by atoms with Gasteiger partial charge >= 0.3 is 5.97 Å². The van der Waals surface area contributed by atoms with Gasteiger partial charge in [-0.15, -0.1) is 0 Å². The van der Waals surface area contributed by atoms with E-state index < -0.39 is 12.1 Å². The number of benzene rings is 2. The summed E-state index contributed by atoms with van der Waals surface area (Å²) in [5, 5.41) is 28.6. The molecule has 2 aromatic carbocycles. The van der Waals surface area contributed by atoms with Crippen molar-refractivity contribution in [3.05, 3.63) is 65.5 Å². The summed E-state index contributed by atoms with van der Waals surface area (Å²) < 4.78 is 0. The summed E-state index contributed by atoms with van der Waals surface area (Å²) >= 11 is 0.